The van der Waals surface area contributed by atoms with Crippen molar-refractivity contribution in [3.05, 3.63) is 35.4 Å². The van der Waals surface area contributed by atoms with Crippen molar-refractivity contribution in [3.8, 4) is 0 Å². The van der Waals surface area contributed by atoms with E-state index in [0.29, 0.717) is 0 Å². The minimum atomic E-state index is -4.64. The Labute approximate surface area is 131 Å². The summed E-state index contributed by atoms with van der Waals surface area (Å²) in [5, 5.41) is 0. The average Bonchev–Trinajstić information content (AvgIpc) is 2.14. The zero-order chi connectivity index (χ0) is 13.7. The molecule has 1 aromatic rings. The molecule has 98 valence electrons. The van der Waals surface area contributed by atoms with E-state index in [9.17, 15) is 0 Å². The molecule has 0 unspecified atom stereocenters. The van der Waals surface area contributed by atoms with Crippen LogP contribution in [-0.2, 0) is 16.4 Å². The van der Waals surface area contributed by atoms with Gasteiger partial charge >= 0.3 is 37.4 Å². The van der Waals surface area contributed by atoms with Crippen molar-refractivity contribution < 1.29 is 48.8 Å². The predicted octanol–water partition coefficient (Wildman–Crippen LogP) is -0.578. The second kappa shape index (κ2) is 8.49. The van der Waals surface area contributed by atoms with Gasteiger partial charge in [0.25, 0.3) is 0 Å². The van der Waals surface area contributed by atoms with Crippen molar-refractivity contribution in [1.82, 2.24) is 0 Å². The Kier molecular flexibility index (Phi) is 9.74. The van der Waals surface area contributed by atoms with E-state index in [0.717, 1.165) is 6.42 Å². The summed E-state index contributed by atoms with van der Waals surface area (Å²) in [6.45, 7) is 8.84. The summed E-state index contributed by atoms with van der Waals surface area (Å²) in [7, 11) is -4.64. The predicted molar refractivity (Wildman–Crippen MR) is 67.6 cm³/mol. The van der Waals surface area contributed by atoms with Gasteiger partial charge < -0.3 is 14.7 Å². The first kappa shape index (κ1) is 20.6. The SMILES string of the molecule is CCc1cc[c-]c(C(C)(C)C)c1.O=P(O)(O)O.[Na+]. The van der Waals surface area contributed by atoms with Crippen molar-refractivity contribution in [2.24, 2.45) is 0 Å². The average molecular weight is 282 g/mol. The van der Waals surface area contributed by atoms with E-state index >= 15 is 0 Å². The standard InChI is InChI=1S/C12H17.Na.H3O4P/c1-5-10-7-6-8-11(9-10)12(2,3)4;;1-5(2,3)4/h6-7,9H,5H2,1-4H3;;(H3,1,2,3,4)/q-1;+1;. The number of hydrogen-bond acceptors (Lipinski definition) is 1. The molecule has 6 heteroatoms. The van der Waals surface area contributed by atoms with Crippen LogP contribution >= 0.6 is 7.82 Å². The zero-order valence-corrected chi connectivity index (χ0v) is 14.5. The van der Waals surface area contributed by atoms with Gasteiger partial charge in [0.2, 0.25) is 0 Å². The fourth-order valence-corrected chi connectivity index (χ4v) is 1.17. The monoisotopic (exact) mass is 282 g/mol. The third-order valence-electron chi connectivity index (χ3n) is 2.08. The molecule has 0 saturated heterocycles. The van der Waals surface area contributed by atoms with Crippen LogP contribution < -0.4 is 29.6 Å². The Hall–Kier alpha value is 0.330. The van der Waals surface area contributed by atoms with Crippen LogP contribution in [-0.4, -0.2) is 14.7 Å². The van der Waals surface area contributed by atoms with Gasteiger partial charge in [-0.1, -0.05) is 34.1 Å². The van der Waals surface area contributed by atoms with Crippen LogP contribution in [0.3, 0.4) is 0 Å². The van der Waals surface area contributed by atoms with Crippen LogP contribution in [0.2, 0.25) is 0 Å². The maximum Gasteiger partial charge on any atom is 1.00 e. The molecule has 0 heterocycles. The van der Waals surface area contributed by atoms with Gasteiger partial charge in [0.05, 0.1) is 0 Å². The van der Waals surface area contributed by atoms with E-state index < -0.39 is 7.82 Å². The van der Waals surface area contributed by atoms with Gasteiger partial charge in [-0.3, -0.25) is 0 Å². The summed E-state index contributed by atoms with van der Waals surface area (Å²) in [6, 6.07) is 9.69. The molecule has 0 aliphatic carbocycles. The third kappa shape index (κ3) is 11.4. The second-order valence-electron chi connectivity index (χ2n) is 4.73. The molecule has 0 radical (unpaired) electrons. The molecule has 0 saturated carbocycles. The summed E-state index contributed by atoms with van der Waals surface area (Å²) in [4.78, 5) is 21.6. The van der Waals surface area contributed by atoms with Gasteiger partial charge in [-0.05, 0) is 5.41 Å². The number of benzene rings is 1. The number of phosphoric acid groups is 1. The molecular formula is C12H20NaO4P. The van der Waals surface area contributed by atoms with Crippen LogP contribution in [0.5, 0.6) is 0 Å². The van der Waals surface area contributed by atoms with Gasteiger partial charge in [0.1, 0.15) is 0 Å². The molecule has 0 aliphatic rings. The number of rotatable bonds is 1. The Morgan fingerprint density at radius 3 is 2.06 bits per heavy atom. The van der Waals surface area contributed by atoms with Crippen molar-refractivity contribution >= 4 is 7.82 Å². The molecule has 0 aromatic heterocycles. The van der Waals surface area contributed by atoms with Gasteiger partial charge in [0.15, 0.2) is 0 Å². The van der Waals surface area contributed by atoms with Crippen molar-refractivity contribution in [2.45, 2.75) is 39.5 Å². The zero-order valence-electron chi connectivity index (χ0n) is 11.6. The van der Waals surface area contributed by atoms with Crippen LogP contribution in [0.4, 0.5) is 0 Å². The first-order valence-electron chi connectivity index (χ1n) is 5.33. The third-order valence-corrected chi connectivity index (χ3v) is 2.08. The summed E-state index contributed by atoms with van der Waals surface area (Å²) < 4.78 is 8.88. The summed E-state index contributed by atoms with van der Waals surface area (Å²) >= 11 is 0. The molecule has 3 N–H and O–H groups in total. The topological polar surface area (TPSA) is 77.8 Å². The van der Waals surface area contributed by atoms with E-state index in [1.807, 2.05) is 6.07 Å². The summed E-state index contributed by atoms with van der Waals surface area (Å²) in [5.74, 6) is 0. The van der Waals surface area contributed by atoms with E-state index in [1.165, 1.54) is 11.1 Å². The quantitative estimate of drug-likeness (QED) is 0.366. The molecule has 0 amide bonds. The molecule has 0 atom stereocenters. The number of hydrogen-bond donors (Lipinski definition) is 3. The van der Waals surface area contributed by atoms with Crippen LogP contribution in [0.25, 0.3) is 0 Å². The van der Waals surface area contributed by atoms with E-state index in [2.05, 4.69) is 45.9 Å². The van der Waals surface area contributed by atoms with E-state index in [-0.39, 0.29) is 35.0 Å². The van der Waals surface area contributed by atoms with Crippen molar-refractivity contribution in [2.75, 3.05) is 0 Å². The molecule has 0 spiro atoms. The fourth-order valence-electron chi connectivity index (χ4n) is 1.17. The normalized spacial score (nSPS) is 11.1. The number of aryl methyl sites for hydroxylation is 1. The maximum absolute atomic E-state index is 8.88. The minimum absolute atomic E-state index is 0. The molecule has 18 heavy (non-hydrogen) atoms. The Balaban J connectivity index is 0. The Bertz CT molecular complexity index is 387. The van der Waals surface area contributed by atoms with Gasteiger partial charge in [-0.25, -0.2) is 4.57 Å². The first-order chi connectivity index (χ1) is 7.54. The summed E-state index contributed by atoms with van der Waals surface area (Å²) in [6.07, 6.45) is 1.11. The van der Waals surface area contributed by atoms with Crippen molar-refractivity contribution in [3.63, 3.8) is 0 Å². The second-order valence-corrected chi connectivity index (χ2v) is 5.75. The van der Waals surface area contributed by atoms with Gasteiger partial charge in [-0.2, -0.15) is 35.4 Å². The molecule has 4 nitrogen and oxygen atoms in total. The molecular weight excluding hydrogens is 262 g/mol. The first-order valence-corrected chi connectivity index (χ1v) is 6.90. The van der Waals surface area contributed by atoms with Gasteiger partial charge in [0, 0.05) is 0 Å². The molecule has 0 aliphatic heterocycles. The summed E-state index contributed by atoms with van der Waals surface area (Å²) in [5.41, 5.74) is 2.94. The molecule has 1 aromatic carbocycles. The minimum Gasteiger partial charge on any atom is -0.303 e. The largest absolute Gasteiger partial charge is 1.00 e. The smallest absolute Gasteiger partial charge is 0.303 e. The molecule has 0 bridgehead atoms. The Morgan fingerprint density at radius 2 is 1.72 bits per heavy atom. The maximum atomic E-state index is 8.88. The molecule has 1 rings (SSSR count). The van der Waals surface area contributed by atoms with Crippen LogP contribution in [0, 0.1) is 6.07 Å². The Morgan fingerprint density at radius 1 is 1.28 bits per heavy atom. The van der Waals surface area contributed by atoms with Crippen LogP contribution in [0.1, 0.15) is 38.8 Å². The van der Waals surface area contributed by atoms with E-state index in [1.54, 1.807) is 0 Å². The van der Waals surface area contributed by atoms with E-state index in [4.69, 9.17) is 19.2 Å². The van der Waals surface area contributed by atoms with Crippen molar-refractivity contribution in [1.29, 1.82) is 0 Å². The molecule has 0 fully saturated rings. The van der Waals surface area contributed by atoms with Crippen LogP contribution in [0.15, 0.2) is 18.2 Å². The fraction of sp³-hybridized carbons (Fsp3) is 0.500. The van der Waals surface area contributed by atoms with Gasteiger partial charge in [-0.15, -0.1) is 0 Å².